The Morgan fingerprint density at radius 2 is 2.29 bits per heavy atom. The van der Waals surface area contributed by atoms with Crippen molar-refractivity contribution >= 4 is 5.91 Å². The number of hydrogen-bond acceptors (Lipinski definition) is 3. The van der Waals surface area contributed by atoms with Crippen LogP contribution in [0, 0.1) is 0 Å². The van der Waals surface area contributed by atoms with Gasteiger partial charge < -0.3 is 15.7 Å². The Bertz CT molecular complexity index is 238. The second-order valence-corrected chi connectivity index (χ2v) is 4.55. The monoisotopic (exact) mass is 198 g/mol. The lowest BCUT2D eigenvalue weighted by atomic mass is 9.78. The lowest BCUT2D eigenvalue weighted by molar-refractivity contribution is -0.129. The second kappa shape index (κ2) is 3.51. The summed E-state index contributed by atoms with van der Waals surface area (Å²) in [5, 5.41) is 9.85. The van der Waals surface area contributed by atoms with Crippen LogP contribution in [-0.4, -0.2) is 40.6 Å². The van der Waals surface area contributed by atoms with Gasteiger partial charge in [0.25, 0.3) is 0 Å². The molecule has 1 unspecified atom stereocenters. The van der Waals surface area contributed by atoms with Gasteiger partial charge in [0.05, 0.1) is 11.6 Å². The predicted molar refractivity (Wildman–Crippen MR) is 52.6 cm³/mol. The zero-order chi connectivity index (χ0) is 10.2. The summed E-state index contributed by atoms with van der Waals surface area (Å²) in [7, 11) is 0. The molecule has 0 radical (unpaired) electrons. The Hall–Kier alpha value is -0.610. The molecule has 2 fully saturated rings. The van der Waals surface area contributed by atoms with Crippen LogP contribution in [-0.2, 0) is 4.79 Å². The molecular formula is C10H18N2O2. The third-order valence-electron chi connectivity index (χ3n) is 3.47. The van der Waals surface area contributed by atoms with Crippen LogP contribution in [0.5, 0.6) is 0 Å². The highest BCUT2D eigenvalue weighted by Crippen LogP contribution is 2.34. The van der Waals surface area contributed by atoms with Crippen molar-refractivity contribution in [2.75, 3.05) is 13.1 Å². The zero-order valence-electron chi connectivity index (χ0n) is 8.41. The fourth-order valence-electron chi connectivity index (χ4n) is 2.16. The normalized spacial score (nSPS) is 30.6. The molecule has 1 saturated carbocycles. The standard InChI is InChI=1S/C10H18N2O2/c11-8-2-6-12(9(8)13)7-5-10(14)3-1-4-10/h8,14H,1-7,11H2. The van der Waals surface area contributed by atoms with Crippen molar-refractivity contribution in [2.45, 2.75) is 43.7 Å². The second-order valence-electron chi connectivity index (χ2n) is 4.55. The topological polar surface area (TPSA) is 66.6 Å². The first kappa shape index (κ1) is 9.93. The third kappa shape index (κ3) is 1.77. The predicted octanol–water partition coefficient (Wildman–Crippen LogP) is -0.149. The molecule has 0 aromatic heterocycles. The van der Waals surface area contributed by atoms with Gasteiger partial charge in [0.1, 0.15) is 0 Å². The molecule has 3 N–H and O–H groups in total. The number of aliphatic hydroxyl groups is 1. The molecule has 1 aliphatic carbocycles. The summed E-state index contributed by atoms with van der Waals surface area (Å²) in [6.07, 6.45) is 4.37. The smallest absolute Gasteiger partial charge is 0.239 e. The quantitative estimate of drug-likeness (QED) is 0.663. The van der Waals surface area contributed by atoms with Gasteiger partial charge >= 0.3 is 0 Å². The van der Waals surface area contributed by atoms with E-state index in [1.54, 1.807) is 4.90 Å². The molecule has 0 spiro atoms. The number of rotatable bonds is 3. The molecule has 0 bridgehead atoms. The summed E-state index contributed by atoms with van der Waals surface area (Å²) in [5.41, 5.74) is 5.12. The first-order valence-corrected chi connectivity index (χ1v) is 5.37. The lowest BCUT2D eigenvalue weighted by Crippen LogP contribution is -2.42. The molecule has 0 aromatic carbocycles. The molecule has 1 amide bonds. The van der Waals surface area contributed by atoms with Gasteiger partial charge in [-0.2, -0.15) is 0 Å². The van der Waals surface area contributed by atoms with E-state index in [0.29, 0.717) is 13.0 Å². The van der Waals surface area contributed by atoms with E-state index in [0.717, 1.165) is 32.2 Å². The summed E-state index contributed by atoms with van der Waals surface area (Å²) in [5.74, 6) is 0.0490. The van der Waals surface area contributed by atoms with E-state index >= 15 is 0 Å². The van der Waals surface area contributed by atoms with Crippen molar-refractivity contribution in [1.29, 1.82) is 0 Å². The Morgan fingerprint density at radius 3 is 2.71 bits per heavy atom. The van der Waals surface area contributed by atoms with Crippen molar-refractivity contribution in [3.63, 3.8) is 0 Å². The number of carbonyl (C=O) groups is 1. The number of hydrogen-bond donors (Lipinski definition) is 2. The van der Waals surface area contributed by atoms with Gasteiger partial charge in [0.15, 0.2) is 0 Å². The van der Waals surface area contributed by atoms with Crippen LogP contribution in [0.3, 0.4) is 0 Å². The van der Waals surface area contributed by atoms with E-state index in [1.165, 1.54) is 0 Å². The summed E-state index contributed by atoms with van der Waals surface area (Å²) >= 11 is 0. The fraction of sp³-hybridized carbons (Fsp3) is 0.900. The van der Waals surface area contributed by atoms with Crippen molar-refractivity contribution in [3.8, 4) is 0 Å². The van der Waals surface area contributed by atoms with E-state index in [2.05, 4.69) is 0 Å². The molecule has 2 aliphatic rings. The molecule has 4 nitrogen and oxygen atoms in total. The molecule has 1 saturated heterocycles. The lowest BCUT2D eigenvalue weighted by Gasteiger charge is -2.37. The first-order valence-electron chi connectivity index (χ1n) is 5.37. The highest BCUT2D eigenvalue weighted by atomic mass is 16.3. The van der Waals surface area contributed by atoms with Crippen LogP contribution >= 0.6 is 0 Å². The number of nitrogens with zero attached hydrogens (tertiary/aromatic N) is 1. The fourth-order valence-corrected chi connectivity index (χ4v) is 2.16. The van der Waals surface area contributed by atoms with E-state index in [9.17, 15) is 9.90 Å². The van der Waals surface area contributed by atoms with Gasteiger partial charge in [-0.25, -0.2) is 0 Å². The zero-order valence-corrected chi connectivity index (χ0v) is 8.41. The van der Waals surface area contributed by atoms with Crippen molar-refractivity contribution in [3.05, 3.63) is 0 Å². The summed E-state index contributed by atoms with van der Waals surface area (Å²) in [6, 6.07) is -0.300. The molecule has 0 aromatic rings. The van der Waals surface area contributed by atoms with Gasteiger partial charge in [0.2, 0.25) is 5.91 Å². The highest BCUT2D eigenvalue weighted by Gasteiger charge is 2.36. The van der Waals surface area contributed by atoms with Crippen LogP contribution in [0.1, 0.15) is 32.1 Å². The van der Waals surface area contributed by atoms with E-state index < -0.39 is 5.60 Å². The summed E-state index contributed by atoms with van der Waals surface area (Å²) < 4.78 is 0. The Morgan fingerprint density at radius 1 is 1.57 bits per heavy atom. The molecule has 4 heteroatoms. The van der Waals surface area contributed by atoms with Gasteiger partial charge in [-0.1, -0.05) is 0 Å². The van der Waals surface area contributed by atoms with Gasteiger partial charge in [-0.3, -0.25) is 4.79 Å². The van der Waals surface area contributed by atoms with Gasteiger partial charge in [0, 0.05) is 13.1 Å². The Kier molecular flexibility index (Phi) is 2.49. The molecule has 80 valence electrons. The summed E-state index contributed by atoms with van der Waals surface area (Å²) in [4.78, 5) is 13.2. The minimum atomic E-state index is -0.479. The first-order chi connectivity index (χ1) is 6.61. The maximum atomic E-state index is 11.4. The number of nitrogens with two attached hydrogens (primary N) is 1. The van der Waals surface area contributed by atoms with Gasteiger partial charge in [-0.15, -0.1) is 0 Å². The highest BCUT2D eigenvalue weighted by molar-refractivity contribution is 5.83. The van der Waals surface area contributed by atoms with Crippen LogP contribution in [0.4, 0.5) is 0 Å². The number of likely N-dealkylation sites (tertiary alicyclic amines) is 1. The van der Waals surface area contributed by atoms with E-state index in [1.807, 2.05) is 0 Å². The van der Waals surface area contributed by atoms with Crippen LogP contribution in [0.25, 0.3) is 0 Å². The molecule has 14 heavy (non-hydrogen) atoms. The number of carbonyl (C=O) groups excluding carboxylic acids is 1. The SMILES string of the molecule is NC1CCN(CCC2(O)CCC2)C1=O. The minimum Gasteiger partial charge on any atom is -0.390 e. The average Bonchev–Trinajstić information content (AvgIpc) is 2.42. The molecule has 1 atom stereocenters. The third-order valence-corrected chi connectivity index (χ3v) is 3.47. The molecule has 1 aliphatic heterocycles. The minimum absolute atomic E-state index is 0.0490. The number of amides is 1. The van der Waals surface area contributed by atoms with Crippen LogP contribution < -0.4 is 5.73 Å². The van der Waals surface area contributed by atoms with Crippen molar-refractivity contribution in [2.24, 2.45) is 5.73 Å². The largest absolute Gasteiger partial charge is 0.390 e. The Labute approximate surface area is 84.1 Å². The van der Waals surface area contributed by atoms with Crippen LogP contribution in [0.15, 0.2) is 0 Å². The Balaban J connectivity index is 1.78. The van der Waals surface area contributed by atoms with E-state index in [4.69, 9.17) is 5.73 Å². The van der Waals surface area contributed by atoms with Crippen LogP contribution in [0.2, 0.25) is 0 Å². The maximum absolute atomic E-state index is 11.4. The molecule has 1 heterocycles. The summed E-state index contributed by atoms with van der Waals surface area (Å²) in [6.45, 7) is 1.43. The van der Waals surface area contributed by atoms with E-state index in [-0.39, 0.29) is 11.9 Å². The van der Waals surface area contributed by atoms with Crippen molar-refractivity contribution < 1.29 is 9.90 Å². The van der Waals surface area contributed by atoms with Crippen molar-refractivity contribution in [1.82, 2.24) is 4.90 Å². The van der Waals surface area contributed by atoms with Gasteiger partial charge in [-0.05, 0) is 32.1 Å². The average molecular weight is 198 g/mol. The maximum Gasteiger partial charge on any atom is 0.239 e. The molecule has 2 rings (SSSR count). The molecular weight excluding hydrogens is 180 g/mol.